The number of benzene rings is 1. The van der Waals surface area contributed by atoms with Gasteiger partial charge in [-0.25, -0.2) is 9.97 Å². The Morgan fingerprint density at radius 3 is 3.00 bits per heavy atom. The fourth-order valence-electron chi connectivity index (χ4n) is 2.79. The molecule has 0 saturated carbocycles. The maximum atomic E-state index is 5.88. The van der Waals surface area contributed by atoms with Crippen LogP contribution < -0.4 is 10.1 Å². The number of aryl methyl sites for hydroxylation is 1. The van der Waals surface area contributed by atoms with E-state index in [0.29, 0.717) is 0 Å². The van der Waals surface area contributed by atoms with E-state index in [0.717, 1.165) is 28.2 Å². The summed E-state index contributed by atoms with van der Waals surface area (Å²) in [6.07, 6.45) is 3.38. The van der Waals surface area contributed by atoms with Gasteiger partial charge in [0.2, 0.25) is 0 Å². The summed E-state index contributed by atoms with van der Waals surface area (Å²) in [6, 6.07) is 8.15. The third-order valence-corrected chi connectivity index (χ3v) is 3.86. The lowest BCUT2D eigenvalue weighted by molar-refractivity contribution is 0.235. The first-order chi connectivity index (χ1) is 10.2. The molecule has 1 aromatic carbocycles. The van der Waals surface area contributed by atoms with Crippen LogP contribution in [0.2, 0.25) is 0 Å². The molecule has 3 heterocycles. The van der Waals surface area contributed by atoms with Crippen LogP contribution in [0.5, 0.6) is 5.75 Å². The average molecular weight is 281 g/mol. The molecular weight excluding hydrogens is 266 g/mol. The summed E-state index contributed by atoms with van der Waals surface area (Å²) in [5, 5.41) is 8.62. The Morgan fingerprint density at radius 1 is 1.24 bits per heavy atom. The highest BCUT2D eigenvalue weighted by Gasteiger charge is 2.31. The van der Waals surface area contributed by atoms with E-state index in [1.54, 1.807) is 17.2 Å². The number of nitrogens with zero attached hydrogens (tertiary/aromatic N) is 4. The van der Waals surface area contributed by atoms with Gasteiger partial charge >= 0.3 is 0 Å². The number of anilines is 1. The highest BCUT2D eigenvalue weighted by atomic mass is 16.5. The highest BCUT2D eigenvalue weighted by molar-refractivity contribution is 5.86. The minimum absolute atomic E-state index is 0.0455. The van der Waals surface area contributed by atoms with E-state index in [4.69, 9.17) is 4.74 Å². The monoisotopic (exact) mass is 281 g/mol. The van der Waals surface area contributed by atoms with Gasteiger partial charge in [-0.2, -0.15) is 5.10 Å². The molecule has 2 aromatic heterocycles. The zero-order valence-electron chi connectivity index (χ0n) is 11.8. The lowest BCUT2D eigenvalue weighted by atomic mass is 10.0. The van der Waals surface area contributed by atoms with Crippen molar-refractivity contribution < 1.29 is 4.74 Å². The molecule has 1 aliphatic rings. The second kappa shape index (κ2) is 4.44. The molecule has 0 aliphatic carbocycles. The Kier molecular flexibility index (Phi) is 2.57. The van der Waals surface area contributed by atoms with Gasteiger partial charge in [0.15, 0.2) is 5.65 Å². The molecule has 21 heavy (non-hydrogen) atoms. The van der Waals surface area contributed by atoms with Gasteiger partial charge in [-0.3, -0.25) is 4.68 Å². The third-order valence-electron chi connectivity index (χ3n) is 3.86. The Labute approximate surface area is 121 Å². The van der Waals surface area contributed by atoms with Crippen molar-refractivity contribution in [3.8, 4) is 5.75 Å². The summed E-state index contributed by atoms with van der Waals surface area (Å²) < 4.78 is 7.62. The van der Waals surface area contributed by atoms with Gasteiger partial charge in [0.1, 0.15) is 24.0 Å². The molecule has 0 bridgehead atoms. The molecule has 3 aromatic rings. The summed E-state index contributed by atoms with van der Waals surface area (Å²) in [5.41, 5.74) is 1.97. The number of fused-ring (bicyclic) bond motifs is 2. The maximum absolute atomic E-state index is 5.88. The van der Waals surface area contributed by atoms with E-state index in [9.17, 15) is 0 Å². The van der Waals surface area contributed by atoms with Gasteiger partial charge < -0.3 is 10.1 Å². The number of hydrogen-bond acceptors (Lipinski definition) is 5. The first-order valence-electron chi connectivity index (χ1n) is 6.89. The lowest BCUT2D eigenvalue weighted by Gasteiger charge is -2.17. The van der Waals surface area contributed by atoms with Crippen LogP contribution in [-0.2, 0) is 7.05 Å². The standard InChI is InChI=1S/C15H15N5O/c1-9-13(10-5-3-4-6-12(10)21-9)19-14-11-7-18-20(2)15(11)17-8-16-14/h3-9,13H,1-2H3,(H,16,17,19). The molecule has 1 N–H and O–H groups in total. The van der Waals surface area contributed by atoms with E-state index in [1.165, 1.54) is 0 Å². The number of nitrogens with one attached hydrogen (secondary N) is 1. The maximum Gasteiger partial charge on any atom is 0.163 e. The molecule has 1 aliphatic heterocycles. The molecule has 0 radical (unpaired) electrons. The van der Waals surface area contributed by atoms with E-state index in [1.807, 2.05) is 25.2 Å². The van der Waals surface area contributed by atoms with Crippen molar-refractivity contribution in [2.75, 3.05) is 5.32 Å². The van der Waals surface area contributed by atoms with Gasteiger partial charge in [-0.1, -0.05) is 18.2 Å². The van der Waals surface area contributed by atoms with Crippen molar-refractivity contribution >= 4 is 16.9 Å². The number of ether oxygens (including phenoxy) is 1. The largest absolute Gasteiger partial charge is 0.488 e. The normalized spacial score (nSPS) is 20.3. The van der Waals surface area contributed by atoms with E-state index >= 15 is 0 Å². The van der Waals surface area contributed by atoms with Crippen molar-refractivity contribution in [2.45, 2.75) is 19.1 Å². The second-order valence-corrected chi connectivity index (χ2v) is 5.21. The first-order valence-corrected chi connectivity index (χ1v) is 6.89. The van der Waals surface area contributed by atoms with Crippen LogP contribution >= 0.6 is 0 Å². The lowest BCUT2D eigenvalue weighted by Crippen LogP contribution is -2.22. The van der Waals surface area contributed by atoms with Crippen LogP contribution in [0.25, 0.3) is 11.0 Å². The van der Waals surface area contributed by atoms with Crippen LogP contribution in [0, 0.1) is 0 Å². The van der Waals surface area contributed by atoms with E-state index in [2.05, 4.69) is 33.4 Å². The Morgan fingerprint density at radius 2 is 2.10 bits per heavy atom. The predicted molar refractivity (Wildman–Crippen MR) is 79.2 cm³/mol. The summed E-state index contributed by atoms with van der Waals surface area (Å²) >= 11 is 0. The second-order valence-electron chi connectivity index (χ2n) is 5.21. The minimum Gasteiger partial charge on any atom is -0.488 e. The molecule has 4 rings (SSSR count). The first kappa shape index (κ1) is 12.1. The molecule has 0 saturated heterocycles. The Balaban J connectivity index is 1.75. The van der Waals surface area contributed by atoms with Crippen LogP contribution in [-0.4, -0.2) is 25.9 Å². The third kappa shape index (κ3) is 1.83. The zero-order valence-corrected chi connectivity index (χ0v) is 11.8. The van der Waals surface area contributed by atoms with Crippen molar-refractivity contribution in [3.63, 3.8) is 0 Å². The number of aromatic nitrogens is 4. The Hall–Kier alpha value is -2.63. The predicted octanol–water partition coefficient (Wildman–Crippen LogP) is 2.30. The summed E-state index contributed by atoms with van der Waals surface area (Å²) in [7, 11) is 1.87. The van der Waals surface area contributed by atoms with Crippen molar-refractivity contribution in [2.24, 2.45) is 7.05 Å². The minimum atomic E-state index is 0.0455. The number of hydrogen-bond donors (Lipinski definition) is 1. The van der Waals surface area contributed by atoms with Crippen LogP contribution in [0.15, 0.2) is 36.8 Å². The fraction of sp³-hybridized carbons (Fsp3) is 0.267. The molecule has 0 fully saturated rings. The number of rotatable bonds is 2. The summed E-state index contributed by atoms with van der Waals surface area (Å²) in [6.45, 7) is 2.05. The van der Waals surface area contributed by atoms with E-state index in [-0.39, 0.29) is 12.1 Å². The summed E-state index contributed by atoms with van der Waals surface area (Å²) in [5.74, 6) is 1.71. The molecule has 2 unspecified atom stereocenters. The molecule has 0 amide bonds. The summed E-state index contributed by atoms with van der Waals surface area (Å²) in [4.78, 5) is 8.62. The van der Waals surface area contributed by atoms with Crippen LogP contribution in [0.3, 0.4) is 0 Å². The Bertz CT molecular complexity index is 813. The molecule has 106 valence electrons. The SMILES string of the molecule is CC1Oc2ccccc2C1Nc1ncnc2c1cnn2C. The zero-order chi connectivity index (χ0) is 14.4. The van der Waals surface area contributed by atoms with Gasteiger partial charge in [-0.15, -0.1) is 0 Å². The average Bonchev–Trinajstić information content (AvgIpc) is 3.02. The van der Waals surface area contributed by atoms with Crippen molar-refractivity contribution in [3.05, 3.63) is 42.4 Å². The van der Waals surface area contributed by atoms with Crippen molar-refractivity contribution in [1.29, 1.82) is 0 Å². The fourth-order valence-corrected chi connectivity index (χ4v) is 2.79. The molecular formula is C15H15N5O. The van der Waals surface area contributed by atoms with Gasteiger partial charge in [0.25, 0.3) is 0 Å². The van der Waals surface area contributed by atoms with Crippen molar-refractivity contribution in [1.82, 2.24) is 19.7 Å². The molecule has 6 heteroatoms. The van der Waals surface area contributed by atoms with Crippen LogP contribution in [0.1, 0.15) is 18.5 Å². The quantitative estimate of drug-likeness (QED) is 0.780. The smallest absolute Gasteiger partial charge is 0.163 e. The van der Waals surface area contributed by atoms with Crippen LogP contribution in [0.4, 0.5) is 5.82 Å². The van der Waals surface area contributed by atoms with E-state index < -0.39 is 0 Å². The highest BCUT2D eigenvalue weighted by Crippen LogP contribution is 2.38. The molecule has 2 atom stereocenters. The molecule has 0 spiro atoms. The number of para-hydroxylation sites is 1. The molecule has 6 nitrogen and oxygen atoms in total. The van der Waals surface area contributed by atoms with Gasteiger partial charge in [0.05, 0.1) is 17.6 Å². The van der Waals surface area contributed by atoms with Gasteiger partial charge in [-0.05, 0) is 13.0 Å². The van der Waals surface area contributed by atoms with Gasteiger partial charge in [0, 0.05) is 12.6 Å². The topological polar surface area (TPSA) is 64.9 Å².